The van der Waals surface area contributed by atoms with Crippen LogP contribution in [0.25, 0.3) is 0 Å². The van der Waals surface area contributed by atoms with E-state index in [1.54, 1.807) is 13.8 Å². The number of hydrogen-bond donors (Lipinski definition) is 4. The molecule has 1 heterocycles. The summed E-state index contributed by atoms with van der Waals surface area (Å²) >= 11 is 0. The van der Waals surface area contributed by atoms with Gasteiger partial charge in [0.15, 0.2) is 5.82 Å². The molecule has 1 aromatic rings. The Morgan fingerprint density at radius 3 is 2.55 bits per heavy atom. The Morgan fingerprint density at radius 2 is 2.00 bits per heavy atom. The lowest BCUT2D eigenvalue weighted by atomic mass is 10.3. The van der Waals surface area contributed by atoms with Crippen LogP contribution in [0.3, 0.4) is 0 Å². The first-order chi connectivity index (χ1) is 9.27. The maximum atomic E-state index is 12.2. The second-order valence-corrected chi connectivity index (χ2v) is 6.18. The number of hydrogen-bond acceptors (Lipinski definition) is 6. The molecule has 112 valence electrons. The zero-order valence-electron chi connectivity index (χ0n) is 11.5. The van der Waals surface area contributed by atoms with Crippen LogP contribution >= 0.6 is 0 Å². The monoisotopic (exact) mass is 301 g/mol. The van der Waals surface area contributed by atoms with Gasteiger partial charge in [-0.05, 0) is 32.9 Å². The third-order valence-corrected chi connectivity index (χ3v) is 3.93. The second-order valence-electron chi connectivity index (χ2n) is 4.50. The van der Waals surface area contributed by atoms with Crippen molar-refractivity contribution in [1.29, 1.82) is 0 Å². The summed E-state index contributed by atoms with van der Waals surface area (Å²) in [6.07, 6.45) is 1.41. The molecular weight excluding hydrogens is 282 g/mol. The van der Waals surface area contributed by atoms with Crippen molar-refractivity contribution in [1.82, 2.24) is 15.0 Å². The molecule has 1 atom stereocenters. The molecule has 0 saturated heterocycles. The van der Waals surface area contributed by atoms with Gasteiger partial charge in [-0.2, -0.15) is 4.72 Å². The van der Waals surface area contributed by atoms with Crippen molar-refractivity contribution in [2.24, 2.45) is 5.84 Å². The Hall–Kier alpha value is -1.71. The predicted molar refractivity (Wildman–Crippen MR) is 75.1 cm³/mol. The van der Waals surface area contributed by atoms with Crippen molar-refractivity contribution in [3.63, 3.8) is 0 Å². The normalized spacial score (nSPS) is 13.1. The highest BCUT2D eigenvalue weighted by Gasteiger charge is 2.24. The van der Waals surface area contributed by atoms with Gasteiger partial charge in [-0.25, -0.2) is 19.2 Å². The summed E-state index contributed by atoms with van der Waals surface area (Å²) in [5.41, 5.74) is 2.21. The predicted octanol–water partition coefficient (Wildman–Crippen LogP) is -0.441. The van der Waals surface area contributed by atoms with Gasteiger partial charge in [0.1, 0.15) is 4.90 Å². The Morgan fingerprint density at radius 1 is 1.35 bits per heavy atom. The van der Waals surface area contributed by atoms with Crippen molar-refractivity contribution < 1.29 is 13.2 Å². The van der Waals surface area contributed by atoms with Crippen LogP contribution in [-0.4, -0.2) is 31.4 Å². The van der Waals surface area contributed by atoms with Gasteiger partial charge in [0, 0.05) is 12.2 Å². The smallest absolute Gasteiger partial charge is 0.245 e. The number of aromatic nitrogens is 1. The highest BCUT2D eigenvalue weighted by molar-refractivity contribution is 7.89. The van der Waals surface area contributed by atoms with E-state index in [0.29, 0.717) is 0 Å². The van der Waals surface area contributed by atoms with E-state index in [1.807, 2.05) is 0 Å². The van der Waals surface area contributed by atoms with E-state index in [2.05, 4.69) is 20.4 Å². The first kappa shape index (κ1) is 16.3. The molecule has 5 N–H and O–H groups in total. The van der Waals surface area contributed by atoms with Crippen molar-refractivity contribution in [2.45, 2.75) is 37.8 Å². The summed E-state index contributed by atoms with van der Waals surface area (Å²) in [5, 5.41) is 2.62. The standard InChI is InChI=1S/C11H19N5O3S/c1-7(2)14-11(17)8(3)16-20(18,19)9-5-4-6-13-10(9)15-12/h4-8,16H,12H2,1-3H3,(H,13,15)(H,14,17). The van der Waals surface area contributed by atoms with Crippen molar-refractivity contribution in [2.75, 3.05) is 5.43 Å². The molecule has 0 aliphatic heterocycles. The molecule has 0 aromatic carbocycles. The molecule has 0 bridgehead atoms. The Balaban J connectivity index is 2.92. The molecule has 1 aromatic heterocycles. The lowest BCUT2D eigenvalue weighted by Gasteiger charge is -2.17. The minimum absolute atomic E-state index is 0.0106. The van der Waals surface area contributed by atoms with Crippen molar-refractivity contribution in [3.05, 3.63) is 18.3 Å². The summed E-state index contributed by atoms with van der Waals surface area (Å²) in [6, 6.07) is 1.83. The summed E-state index contributed by atoms with van der Waals surface area (Å²) < 4.78 is 26.6. The van der Waals surface area contributed by atoms with E-state index in [4.69, 9.17) is 5.84 Å². The van der Waals surface area contributed by atoms with Crippen LogP contribution in [0.15, 0.2) is 23.2 Å². The number of sulfonamides is 1. The van der Waals surface area contributed by atoms with Gasteiger partial charge in [0.05, 0.1) is 6.04 Å². The van der Waals surface area contributed by atoms with Gasteiger partial charge in [-0.15, -0.1) is 0 Å². The molecule has 1 rings (SSSR count). The van der Waals surface area contributed by atoms with Gasteiger partial charge in [0.25, 0.3) is 0 Å². The maximum absolute atomic E-state index is 12.2. The molecule has 1 amide bonds. The van der Waals surface area contributed by atoms with Crippen LogP contribution in [-0.2, 0) is 14.8 Å². The largest absolute Gasteiger partial charge is 0.353 e. The lowest BCUT2D eigenvalue weighted by Crippen LogP contribution is -2.46. The summed E-state index contributed by atoms with van der Waals surface area (Å²) in [5.74, 6) is 4.82. The third kappa shape index (κ3) is 4.15. The lowest BCUT2D eigenvalue weighted by molar-refractivity contribution is -0.122. The van der Waals surface area contributed by atoms with Crippen LogP contribution in [0.4, 0.5) is 5.82 Å². The van der Waals surface area contributed by atoms with Crippen LogP contribution < -0.4 is 21.3 Å². The van der Waals surface area contributed by atoms with Gasteiger partial charge >= 0.3 is 0 Å². The van der Waals surface area contributed by atoms with E-state index >= 15 is 0 Å². The zero-order chi connectivity index (χ0) is 15.3. The van der Waals surface area contributed by atoms with E-state index in [1.165, 1.54) is 25.3 Å². The van der Waals surface area contributed by atoms with Gasteiger partial charge in [-0.1, -0.05) is 0 Å². The average molecular weight is 301 g/mol. The fraction of sp³-hybridized carbons (Fsp3) is 0.455. The first-order valence-electron chi connectivity index (χ1n) is 6.02. The fourth-order valence-corrected chi connectivity index (χ4v) is 2.80. The molecule has 1 unspecified atom stereocenters. The number of rotatable bonds is 6. The molecule has 0 aliphatic rings. The van der Waals surface area contributed by atoms with Gasteiger partial charge < -0.3 is 10.7 Å². The highest BCUT2D eigenvalue weighted by atomic mass is 32.2. The molecule has 0 fully saturated rings. The number of anilines is 1. The third-order valence-electron chi connectivity index (χ3n) is 2.35. The van der Waals surface area contributed by atoms with E-state index in [0.717, 1.165) is 0 Å². The maximum Gasteiger partial charge on any atom is 0.245 e. The Labute approximate surface area is 118 Å². The molecule has 0 aliphatic carbocycles. The number of carbonyl (C=O) groups is 1. The number of carbonyl (C=O) groups excluding carboxylic acids is 1. The highest BCUT2D eigenvalue weighted by Crippen LogP contribution is 2.16. The Bertz CT molecular complexity index is 573. The number of hydrazine groups is 1. The summed E-state index contributed by atoms with van der Waals surface area (Å²) in [6.45, 7) is 5.04. The van der Waals surface area contributed by atoms with E-state index < -0.39 is 22.0 Å². The van der Waals surface area contributed by atoms with E-state index in [9.17, 15) is 13.2 Å². The minimum Gasteiger partial charge on any atom is -0.353 e. The molecule has 0 saturated carbocycles. The first-order valence-corrected chi connectivity index (χ1v) is 7.50. The number of pyridine rings is 1. The van der Waals surface area contributed by atoms with Crippen molar-refractivity contribution >= 4 is 21.7 Å². The molecule has 20 heavy (non-hydrogen) atoms. The molecule has 8 nitrogen and oxygen atoms in total. The van der Waals surface area contributed by atoms with Gasteiger partial charge in [-0.3, -0.25) is 4.79 Å². The van der Waals surface area contributed by atoms with Crippen molar-refractivity contribution in [3.8, 4) is 0 Å². The summed E-state index contributed by atoms with van der Waals surface area (Å²) in [7, 11) is -3.90. The van der Waals surface area contributed by atoms with Crippen LogP contribution in [0.1, 0.15) is 20.8 Å². The minimum atomic E-state index is -3.90. The zero-order valence-corrected chi connectivity index (χ0v) is 12.4. The van der Waals surface area contributed by atoms with Crippen LogP contribution in [0.5, 0.6) is 0 Å². The molecule has 0 radical (unpaired) electrons. The SMILES string of the molecule is CC(C)NC(=O)C(C)NS(=O)(=O)c1cccnc1NN. The van der Waals surface area contributed by atoms with Crippen LogP contribution in [0, 0.1) is 0 Å². The number of nitrogens with one attached hydrogen (secondary N) is 3. The Kier molecular flexibility index (Phi) is 5.43. The fourth-order valence-electron chi connectivity index (χ4n) is 1.48. The average Bonchev–Trinajstić information content (AvgIpc) is 2.37. The number of nitrogens with zero attached hydrogens (tertiary/aromatic N) is 1. The molecule has 9 heteroatoms. The molecular formula is C11H19N5O3S. The quantitative estimate of drug-likeness (QED) is 0.417. The van der Waals surface area contributed by atoms with E-state index in [-0.39, 0.29) is 16.8 Å². The summed E-state index contributed by atoms with van der Waals surface area (Å²) in [4.78, 5) is 15.4. The number of nitrogen functional groups attached to an aromatic ring is 1. The second kappa shape index (κ2) is 6.64. The number of amides is 1. The number of nitrogens with two attached hydrogens (primary N) is 1. The molecule has 0 spiro atoms. The van der Waals surface area contributed by atoms with Gasteiger partial charge in [0.2, 0.25) is 15.9 Å². The van der Waals surface area contributed by atoms with Crippen LogP contribution in [0.2, 0.25) is 0 Å². The topological polar surface area (TPSA) is 126 Å².